The van der Waals surface area contributed by atoms with Gasteiger partial charge in [0.25, 0.3) is 0 Å². The second-order valence-corrected chi connectivity index (χ2v) is 11.2. The van der Waals surface area contributed by atoms with E-state index >= 15 is 0 Å². The number of esters is 1. The van der Waals surface area contributed by atoms with Crippen molar-refractivity contribution in [3.63, 3.8) is 0 Å². The Morgan fingerprint density at radius 2 is 1.97 bits per heavy atom. The molecule has 2 bridgehead atoms. The lowest BCUT2D eigenvalue weighted by molar-refractivity contribution is -0.155. The summed E-state index contributed by atoms with van der Waals surface area (Å²) in [5, 5.41) is 13.0. The summed E-state index contributed by atoms with van der Waals surface area (Å²) < 4.78 is 11.5. The standard InChI is InChI=1S/C23H38N2O6/c1-8-30-20(29)15-14-9-10-23(31-14)16(15)19(28)25(13(2)11-26)17(23)18(27)24-22(6,7)12-21(3,4)5/h13-17,26H,8-12H2,1-7H3,(H,24,27)/t13-,14-,15+,16+,17?,23?/m1/s1. The van der Waals surface area contributed by atoms with Gasteiger partial charge in [0.1, 0.15) is 11.6 Å². The minimum atomic E-state index is -1.06. The number of nitrogens with zero attached hydrogens (tertiary/aromatic N) is 1. The quantitative estimate of drug-likeness (QED) is 0.586. The Morgan fingerprint density at radius 3 is 2.52 bits per heavy atom. The summed E-state index contributed by atoms with van der Waals surface area (Å²) in [5.41, 5.74) is -1.57. The highest BCUT2D eigenvalue weighted by Crippen LogP contribution is 2.59. The lowest BCUT2D eigenvalue weighted by Gasteiger charge is -2.39. The van der Waals surface area contributed by atoms with Crippen LogP contribution in [-0.4, -0.2) is 70.3 Å². The van der Waals surface area contributed by atoms with Gasteiger partial charge in [-0.25, -0.2) is 0 Å². The fourth-order valence-electron chi connectivity index (χ4n) is 6.23. The molecule has 3 fully saturated rings. The van der Waals surface area contributed by atoms with Gasteiger partial charge in [0.2, 0.25) is 11.8 Å². The molecule has 0 radical (unpaired) electrons. The molecule has 176 valence electrons. The van der Waals surface area contributed by atoms with Crippen LogP contribution < -0.4 is 5.32 Å². The lowest BCUT2D eigenvalue weighted by atomic mass is 9.70. The lowest BCUT2D eigenvalue weighted by Crippen LogP contribution is -2.60. The molecule has 6 atom stereocenters. The Kier molecular flexibility index (Phi) is 6.21. The summed E-state index contributed by atoms with van der Waals surface area (Å²) in [5.74, 6) is -2.53. The Bertz CT molecular complexity index is 745. The third-order valence-electron chi connectivity index (χ3n) is 6.72. The van der Waals surface area contributed by atoms with Crippen LogP contribution in [0.25, 0.3) is 0 Å². The van der Waals surface area contributed by atoms with E-state index in [2.05, 4.69) is 26.1 Å². The summed E-state index contributed by atoms with van der Waals surface area (Å²) in [7, 11) is 0. The maximum absolute atomic E-state index is 13.7. The normalized spacial score (nSPS) is 33.4. The number of ether oxygens (including phenoxy) is 2. The number of fused-ring (bicyclic) bond motifs is 1. The molecular formula is C23H38N2O6. The molecule has 3 saturated heterocycles. The largest absolute Gasteiger partial charge is 0.466 e. The van der Waals surface area contributed by atoms with Crippen molar-refractivity contribution in [2.24, 2.45) is 17.3 Å². The first-order chi connectivity index (χ1) is 14.3. The molecule has 0 aliphatic carbocycles. The van der Waals surface area contributed by atoms with Crippen LogP contribution in [0.5, 0.6) is 0 Å². The van der Waals surface area contributed by atoms with Gasteiger partial charge in [-0.15, -0.1) is 0 Å². The Balaban J connectivity index is 1.97. The zero-order chi connectivity index (χ0) is 23.4. The highest BCUT2D eigenvalue weighted by Gasteiger charge is 2.75. The molecule has 0 aromatic heterocycles. The molecule has 3 aliphatic rings. The van der Waals surface area contributed by atoms with Crippen molar-refractivity contribution in [1.29, 1.82) is 0 Å². The molecule has 31 heavy (non-hydrogen) atoms. The fourth-order valence-corrected chi connectivity index (χ4v) is 6.23. The van der Waals surface area contributed by atoms with Crippen molar-refractivity contribution in [1.82, 2.24) is 10.2 Å². The number of rotatable bonds is 7. The number of carbonyl (C=O) groups excluding carboxylic acids is 3. The van der Waals surface area contributed by atoms with E-state index in [9.17, 15) is 19.5 Å². The minimum Gasteiger partial charge on any atom is -0.466 e. The number of hydrogen-bond acceptors (Lipinski definition) is 6. The average Bonchev–Trinajstić information content (AvgIpc) is 3.25. The number of likely N-dealkylation sites (tertiary alicyclic amines) is 1. The summed E-state index contributed by atoms with van der Waals surface area (Å²) in [6.07, 6.45) is 1.45. The van der Waals surface area contributed by atoms with Crippen LogP contribution in [-0.2, 0) is 23.9 Å². The SMILES string of the molecule is CCOC(=O)[C@@H]1[C@H]2C(=O)N([C@H](C)CO)C(C(=O)NC(C)(C)CC(C)(C)C)C23CC[C@H]1O3. The van der Waals surface area contributed by atoms with E-state index in [-0.39, 0.29) is 30.4 Å². The number of aliphatic hydroxyl groups is 1. The molecule has 0 saturated carbocycles. The minimum absolute atomic E-state index is 0.00150. The third kappa shape index (κ3) is 4.09. The Labute approximate surface area is 185 Å². The molecule has 3 heterocycles. The second kappa shape index (κ2) is 8.03. The first-order valence-corrected chi connectivity index (χ1v) is 11.4. The van der Waals surface area contributed by atoms with E-state index in [0.29, 0.717) is 12.8 Å². The van der Waals surface area contributed by atoms with E-state index in [0.717, 1.165) is 6.42 Å². The Hall–Kier alpha value is -1.67. The molecule has 0 aromatic rings. The highest BCUT2D eigenvalue weighted by atomic mass is 16.6. The van der Waals surface area contributed by atoms with Crippen LogP contribution in [0.4, 0.5) is 0 Å². The zero-order valence-corrected chi connectivity index (χ0v) is 19.9. The summed E-state index contributed by atoms with van der Waals surface area (Å²) >= 11 is 0. The molecular weight excluding hydrogens is 400 g/mol. The number of nitrogens with one attached hydrogen (secondary N) is 1. The van der Waals surface area contributed by atoms with Crippen LogP contribution in [0.2, 0.25) is 0 Å². The van der Waals surface area contributed by atoms with Gasteiger partial charge in [-0.05, 0) is 52.4 Å². The third-order valence-corrected chi connectivity index (χ3v) is 6.72. The van der Waals surface area contributed by atoms with Crippen molar-refractivity contribution in [2.45, 2.75) is 97.1 Å². The summed E-state index contributed by atoms with van der Waals surface area (Å²) in [6, 6.07) is -1.46. The fraction of sp³-hybridized carbons (Fsp3) is 0.870. The molecule has 3 aliphatic heterocycles. The molecule has 8 nitrogen and oxygen atoms in total. The van der Waals surface area contributed by atoms with Crippen LogP contribution in [0.15, 0.2) is 0 Å². The molecule has 2 unspecified atom stereocenters. The van der Waals surface area contributed by atoms with Crippen molar-refractivity contribution in [3.8, 4) is 0 Å². The first-order valence-electron chi connectivity index (χ1n) is 11.4. The van der Waals surface area contributed by atoms with Crippen LogP contribution >= 0.6 is 0 Å². The van der Waals surface area contributed by atoms with E-state index in [1.807, 2.05) is 13.8 Å². The van der Waals surface area contributed by atoms with Crippen molar-refractivity contribution in [3.05, 3.63) is 0 Å². The topological polar surface area (TPSA) is 105 Å². The smallest absolute Gasteiger partial charge is 0.312 e. The monoisotopic (exact) mass is 438 g/mol. The molecule has 0 aromatic carbocycles. The van der Waals surface area contributed by atoms with Gasteiger partial charge in [0.05, 0.1) is 37.2 Å². The predicted octanol–water partition coefficient (Wildman–Crippen LogP) is 1.64. The van der Waals surface area contributed by atoms with Gasteiger partial charge in [-0.1, -0.05) is 20.8 Å². The highest BCUT2D eigenvalue weighted by molar-refractivity contribution is 5.98. The maximum Gasteiger partial charge on any atom is 0.312 e. The van der Waals surface area contributed by atoms with Crippen LogP contribution in [0.3, 0.4) is 0 Å². The second-order valence-electron chi connectivity index (χ2n) is 11.2. The molecule has 8 heteroatoms. The first kappa shape index (κ1) is 24.0. The van der Waals surface area contributed by atoms with Crippen molar-refractivity contribution in [2.75, 3.05) is 13.2 Å². The summed E-state index contributed by atoms with van der Waals surface area (Å²) in [6.45, 7) is 13.6. The van der Waals surface area contributed by atoms with Crippen LogP contribution in [0, 0.1) is 17.3 Å². The zero-order valence-electron chi connectivity index (χ0n) is 19.9. The molecule has 1 spiro atoms. The predicted molar refractivity (Wildman–Crippen MR) is 114 cm³/mol. The van der Waals surface area contributed by atoms with Gasteiger partial charge >= 0.3 is 5.97 Å². The van der Waals surface area contributed by atoms with Crippen molar-refractivity contribution < 1.29 is 29.0 Å². The van der Waals surface area contributed by atoms with E-state index in [1.54, 1.807) is 13.8 Å². The van der Waals surface area contributed by atoms with Gasteiger partial charge in [0.15, 0.2) is 0 Å². The van der Waals surface area contributed by atoms with Crippen LogP contribution in [0.1, 0.15) is 67.7 Å². The molecule has 3 rings (SSSR count). The van der Waals surface area contributed by atoms with Gasteiger partial charge in [-0.2, -0.15) is 0 Å². The van der Waals surface area contributed by atoms with Crippen molar-refractivity contribution >= 4 is 17.8 Å². The summed E-state index contributed by atoms with van der Waals surface area (Å²) in [4.78, 5) is 41.4. The molecule has 2 amide bonds. The number of amides is 2. The van der Waals surface area contributed by atoms with Gasteiger partial charge < -0.3 is 24.8 Å². The Morgan fingerprint density at radius 1 is 1.32 bits per heavy atom. The van der Waals surface area contributed by atoms with Gasteiger partial charge in [-0.3, -0.25) is 14.4 Å². The average molecular weight is 439 g/mol. The maximum atomic E-state index is 13.7. The van der Waals surface area contributed by atoms with Gasteiger partial charge in [0, 0.05) is 5.54 Å². The number of aliphatic hydroxyl groups excluding tert-OH is 1. The number of carbonyl (C=O) groups is 3. The van der Waals surface area contributed by atoms with E-state index in [1.165, 1.54) is 4.90 Å². The number of hydrogen-bond donors (Lipinski definition) is 2. The van der Waals surface area contributed by atoms with E-state index < -0.39 is 47.1 Å². The molecule has 2 N–H and O–H groups in total. The van der Waals surface area contributed by atoms with E-state index in [4.69, 9.17) is 9.47 Å².